The summed E-state index contributed by atoms with van der Waals surface area (Å²) in [7, 11) is 1.98. The van der Waals surface area contributed by atoms with Gasteiger partial charge in [-0.15, -0.1) is 30.6 Å². The van der Waals surface area contributed by atoms with Crippen LogP contribution in [0.2, 0.25) is 0 Å². The summed E-state index contributed by atoms with van der Waals surface area (Å²) in [5.41, 5.74) is 0. The normalized spacial score (nSPS) is 18.8. The molecule has 0 saturated carbocycles. The van der Waals surface area contributed by atoms with Crippen molar-refractivity contribution in [1.82, 2.24) is 15.1 Å². The fourth-order valence-electron chi connectivity index (χ4n) is 2.88. The third-order valence-corrected chi connectivity index (χ3v) is 4.08. The molecule has 0 bridgehead atoms. The van der Waals surface area contributed by atoms with E-state index in [2.05, 4.69) is 21.8 Å². The zero-order valence-electron chi connectivity index (χ0n) is 15.3. The molecule has 1 aliphatic rings. The van der Waals surface area contributed by atoms with E-state index in [-0.39, 0.29) is 30.0 Å². The van der Waals surface area contributed by atoms with Crippen LogP contribution in [0.25, 0.3) is 0 Å². The molecule has 1 N–H and O–H groups in total. The zero-order valence-corrected chi connectivity index (χ0v) is 17.6. The highest BCUT2D eigenvalue weighted by molar-refractivity contribution is 14.0. The predicted octanol–water partition coefficient (Wildman–Crippen LogP) is 3.88. The maximum absolute atomic E-state index is 12.5. The number of rotatable bonds is 9. The Kier molecular flexibility index (Phi) is 12.5. The Bertz CT molecular complexity index is 402. The van der Waals surface area contributed by atoms with Gasteiger partial charge >= 0.3 is 6.18 Å². The molecule has 0 radical (unpaired) electrons. The van der Waals surface area contributed by atoms with Crippen molar-refractivity contribution in [3.63, 3.8) is 0 Å². The summed E-state index contributed by atoms with van der Waals surface area (Å²) in [5, 5.41) is 3.34. The molecule has 0 spiro atoms. The average Bonchev–Trinajstić information content (AvgIpc) is 2.91. The number of nitrogens with zero attached hydrogens (tertiary/aromatic N) is 3. The molecule has 0 amide bonds. The summed E-state index contributed by atoms with van der Waals surface area (Å²) >= 11 is 0. The highest BCUT2D eigenvalue weighted by atomic mass is 127. The Balaban J connectivity index is 0.00000576. The van der Waals surface area contributed by atoms with Crippen molar-refractivity contribution in [2.75, 3.05) is 39.8 Å². The topological polar surface area (TPSA) is 30.9 Å². The molecule has 1 rings (SSSR count). The van der Waals surface area contributed by atoms with Gasteiger partial charge in [0, 0.05) is 39.3 Å². The second-order valence-corrected chi connectivity index (χ2v) is 6.34. The van der Waals surface area contributed by atoms with E-state index in [9.17, 15) is 13.2 Å². The van der Waals surface area contributed by atoms with Crippen LogP contribution in [0.1, 0.15) is 39.0 Å². The van der Waals surface area contributed by atoms with Crippen molar-refractivity contribution in [2.45, 2.75) is 51.2 Å². The summed E-state index contributed by atoms with van der Waals surface area (Å²) in [4.78, 5) is 8.00. The lowest BCUT2D eigenvalue weighted by Crippen LogP contribution is -2.46. The Morgan fingerprint density at radius 1 is 1.36 bits per heavy atom. The van der Waals surface area contributed by atoms with Crippen LogP contribution in [0, 0.1) is 0 Å². The van der Waals surface area contributed by atoms with Gasteiger partial charge in [0.15, 0.2) is 5.96 Å². The minimum absolute atomic E-state index is 0. The van der Waals surface area contributed by atoms with E-state index in [4.69, 9.17) is 0 Å². The Hall–Kier alpha value is -0.510. The Morgan fingerprint density at radius 3 is 2.68 bits per heavy atom. The molecule has 1 unspecified atom stereocenters. The fraction of sp³-hybridized carbons (Fsp3) is 0.824. The molecule has 0 aliphatic carbocycles. The van der Waals surface area contributed by atoms with Crippen LogP contribution in [0.4, 0.5) is 13.2 Å². The van der Waals surface area contributed by atoms with Crippen LogP contribution in [0.15, 0.2) is 17.6 Å². The van der Waals surface area contributed by atoms with Gasteiger partial charge in [0.2, 0.25) is 0 Å². The summed E-state index contributed by atoms with van der Waals surface area (Å²) < 4.78 is 37.4. The third kappa shape index (κ3) is 10.9. The fourth-order valence-corrected chi connectivity index (χ4v) is 2.88. The minimum atomic E-state index is -4.13. The molecule has 148 valence electrons. The largest absolute Gasteiger partial charge is 0.401 e. The predicted molar refractivity (Wildman–Crippen MR) is 109 cm³/mol. The number of allylic oxidation sites excluding steroid dienone is 1. The van der Waals surface area contributed by atoms with Gasteiger partial charge in [-0.25, -0.2) is 0 Å². The number of nitrogens with one attached hydrogen (secondary N) is 1. The molecule has 25 heavy (non-hydrogen) atoms. The first-order valence-corrected chi connectivity index (χ1v) is 8.77. The summed E-state index contributed by atoms with van der Waals surface area (Å²) in [5.74, 6) is 0.792. The second-order valence-electron chi connectivity index (χ2n) is 6.34. The number of alkyl halides is 3. The van der Waals surface area contributed by atoms with Crippen molar-refractivity contribution in [3.05, 3.63) is 12.7 Å². The molecule has 8 heteroatoms. The van der Waals surface area contributed by atoms with Gasteiger partial charge in [-0.05, 0) is 32.6 Å². The number of unbranched alkanes of at least 4 members (excludes halogenated alkanes) is 3. The first-order valence-electron chi connectivity index (χ1n) is 8.77. The lowest BCUT2D eigenvalue weighted by molar-refractivity contribution is -0.143. The molecule has 1 saturated heterocycles. The molecule has 1 atom stereocenters. The Morgan fingerprint density at radius 2 is 2.08 bits per heavy atom. The van der Waals surface area contributed by atoms with E-state index in [0.717, 1.165) is 38.2 Å². The van der Waals surface area contributed by atoms with E-state index < -0.39 is 12.7 Å². The van der Waals surface area contributed by atoms with Crippen LogP contribution >= 0.6 is 24.0 Å². The van der Waals surface area contributed by atoms with Gasteiger partial charge in [-0.3, -0.25) is 9.89 Å². The molecule has 1 fully saturated rings. The number of likely N-dealkylation sites (tertiary alicyclic amines) is 1. The number of aliphatic imine (C=N–C) groups is 1. The standard InChI is InChI=1S/C17H31F3N4.HI/c1-4-6-7-8-9-11-23(3)16(21-5-2)22-15-10-12-24(13-15)14-17(18,19)20;/h4,15H,1,5-14H2,2-3H3,(H,21,22);1H. The first-order chi connectivity index (χ1) is 11.4. The number of hydrogen-bond acceptors (Lipinski definition) is 2. The number of guanidine groups is 1. The maximum atomic E-state index is 12.5. The van der Waals surface area contributed by atoms with Gasteiger partial charge in [-0.1, -0.05) is 12.5 Å². The average molecular weight is 476 g/mol. The molecular weight excluding hydrogens is 444 g/mol. The second kappa shape index (κ2) is 12.8. The van der Waals surface area contributed by atoms with E-state index in [1.165, 1.54) is 4.90 Å². The van der Waals surface area contributed by atoms with Gasteiger partial charge in [0.05, 0.1) is 6.54 Å². The quantitative estimate of drug-likeness (QED) is 0.180. The van der Waals surface area contributed by atoms with Gasteiger partial charge < -0.3 is 10.2 Å². The van der Waals surface area contributed by atoms with Crippen LogP contribution in [-0.2, 0) is 0 Å². The van der Waals surface area contributed by atoms with Crippen molar-refractivity contribution in [1.29, 1.82) is 0 Å². The highest BCUT2D eigenvalue weighted by Crippen LogP contribution is 2.20. The van der Waals surface area contributed by atoms with Crippen molar-refractivity contribution < 1.29 is 13.2 Å². The third-order valence-electron chi connectivity index (χ3n) is 4.08. The Labute approximate surface area is 166 Å². The lowest BCUT2D eigenvalue weighted by atomic mass is 10.2. The van der Waals surface area contributed by atoms with E-state index >= 15 is 0 Å². The molecule has 1 aliphatic heterocycles. The zero-order chi connectivity index (χ0) is 18.0. The SMILES string of the molecule is C=CCCCCCN(C)C(=NCC)NC1CCN(CC(F)(F)F)C1.I. The molecular formula is C17H32F3IN4. The molecule has 4 nitrogen and oxygen atoms in total. The van der Waals surface area contributed by atoms with Crippen LogP contribution in [0.3, 0.4) is 0 Å². The van der Waals surface area contributed by atoms with Gasteiger partial charge in [0.25, 0.3) is 0 Å². The minimum Gasteiger partial charge on any atom is -0.352 e. The number of hydrogen-bond donors (Lipinski definition) is 1. The molecule has 1 heterocycles. The van der Waals surface area contributed by atoms with Crippen molar-refractivity contribution >= 4 is 29.9 Å². The van der Waals surface area contributed by atoms with Gasteiger partial charge in [-0.2, -0.15) is 13.2 Å². The monoisotopic (exact) mass is 476 g/mol. The van der Waals surface area contributed by atoms with Crippen LogP contribution in [-0.4, -0.2) is 67.7 Å². The summed E-state index contributed by atoms with van der Waals surface area (Å²) in [6, 6.07) is 0.0286. The smallest absolute Gasteiger partial charge is 0.352 e. The van der Waals surface area contributed by atoms with Crippen molar-refractivity contribution in [2.24, 2.45) is 4.99 Å². The van der Waals surface area contributed by atoms with E-state index in [0.29, 0.717) is 26.1 Å². The summed E-state index contributed by atoms with van der Waals surface area (Å²) in [6.07, 6.45) is 2.90. The van der Waals surface area contributed by atoms with Crippen LogP contribution in [0.5, 0.6) is 0 Å². The van der Waals surface area contributed by atoms with E-state index in [1.807, 2.05) is 20.0 Å². The number of halogens is 4. The summed E-state index contributed by atoms with van der Waals surface area (Å²) in [6.45, 7) is 7.28. The molecule has 0 aromatic heterocycles. The molecule has 0 aromatic rings. The van der Waals surface area contributed by atoms with Gasteiger partial charge in [0.1, 0.15) is 0 Å². The van der Waals surface area contributed by atoms with Crippen molar-refractivity contribution in [3.8, 4) is 0 Å². The van der Waals surface area contributed by atoms with Crippen LogP contribution < -0.4 is 5.32 Å². The maximum Gasteiger partial charge on any atom is 0.401 e. The highest BCUT2D eigenvalue weighted by Gasteiger charge is 2.34. The first kappa shape index (κ1) is 24.5. The van der Waals surface area contributed by atoms with E-state index in [1.54, 1.807) is 0 Å². The lowest BCUT2D eigenvalue weighted by Gasteiger charge is -2.25. The molecule has 0 aromatic carbocycles.